The van der Waals surface area contributed by atoms with Crippen molar-refractivity contribution in [3.05, 3.63) is 83.4 Å². The summed E-state index contributed by atoms with van der Waals surface area (Å²) in [7, 11) is 3.27. The molecule has 0 fully saturated rings. The predicted octanol–water partition coefficient (Wildman–Crippen LogP) is 4.65. The van der Waals surface area contributed by atoms with Gasteiger partial charge in [-0.25, -0.2) is 5.01 Å². The van der Waals surface area contributed by atoms with Crippen LogP contribution in [0.25, 0.3) is 0 Å². The average Bonchev–Trinajstić information content (AvgIpc) is 3.24. The van der Waals surface area contributed by atoms with Crippen molar-refractivity contribution in [3.8, 4) is 23.0 Å². The molecule has 0 saturated heterocycles. The zero-order valence-electron chi connectivity index (χ0n) is 16.8. The first-order valence-electron chi connectivity index (χ1n) is 9.81. The minimum Gasteiger partial charge on any atom is -0.507 e. The van der Waals surface area contributed by atoms with Crippen molar-refractivity contribution in [3.63, 3.8) is 0 Å². The largest absolute Gasteiger partial charge is 0.507 e. The van der Waals surface area contributed by atoms with Crippen LogP contribution in [0, 0.1) is 0 Å². The lowest BCUT2D eigenvalue weighted by Gasteiger charge is -2.38. The second-order valence-electron chi connectivity index (χ2n) is 7.28. The summed E-state index contributed by atoms with van der Waals surface area (Å²) in [5.41, 5.74) is 3.47. The summed E-state index contributed by atoms with van der Waals surface area (Å²) in [6, 6.07) is 20.9. The minimum atomic E-state index is -0.488. The van der Waals surface area contributed by atoms with E-state index in [0.29, 0.717) is 17.9 Å². The third-order valence-corrected chi connectivity index (χ3v) is 5.62. The molecule has 2 heterocycles. The van der Waals surface area contributed by atoms with E-state index in [1.807, 2.05) is 59.6 Å². The summed E-state index contributed by atoms with van der Waals surface area (Å²) in [6.45, 7) is 0. The Balaban J connectivity index is 1.64. The highest BCUT2D eigenvalue weighted by molar-refractivity contribution is 6.04. The molecule has 6 nitrogen and oxygen atoms in total. The van der Waals surface area contributed by atoms with Gasteiger partial charge in [0.2, 0.25) is 6.23 Å². The number of aromatic hydroxyl groups is 1. The molecule has 0 bridgehead atoms. The number of phenols is 1. The number of hydrogen-bond donors (Lipinski definition) is 1. The minimum absolute atomic E-state index is 0.00883. The molecule has 3 aromatic rings. The van der Waals surface area contributed by atoms with E-state index < -0.39 is 6.23 Å². The van der Waals surface area contributed by atoms with Crippen LogP contribution in [0.4, 0.5) is 0 Å². The third-order valence-electron chi connectivity index (χ3n) is 5.62. The molecule has 5 rings (SSSR count). The Hall–Kier alpha value is -3.67. The second-order valence-corrected chi connectivity index (χ2v) is 7.28. The van der Waals surface area contributed by atoms with E-state index >= 15 is 0 Å². The average molecular weight is 402 g/mol. The summed E-state index contributed by atoms with van der Waals surface area (Å²) in [5, 5.41) is 17.2. The molecule has 0 aromatic heterocycles. The zero-order valence-corrected chi connectivity index (χ0v) is 16.8. The number of ether oxygens (including phenoxy) is 3. The molecule has 1 N–H and O–H groups in total. The van der Waals surface area contributed by atoms with Crippen molar-refractivity contribution in [2.45, 2.75) is 18.7 Å². The fourth-order valence-electron chi connectivity index (χ4n) is 4.15. The van der Waals surface area contributed by atoms with E-state index in [0.717, 1.165) is 28.2 Å². The van der Waals surface area contributed by atoms with Crippen molar-refractivity contribution >= 4 is 5.71 Å². The topological polar surface area (TPSA) is 63.5 Å². The molecule has 0 amide bonds. The molecule has 2 aliphatic heterocycles. The van der Waals surface area contributed by atoms with E-state index in [1.54, 1.807) is 20.3 Å². The van der Waals surface area contributed by atoms with Gasteiger partial charge in [0.05, 0.1) is 31.5 Å². The number of para-hydroxylation sites is 2. The number of benzene rings is 3. The van der Waals surface area contributed by atoms with Gasteiger partial charge in [0, 0.05) is 17.5 Å². The lowest BCUT2D eigenvalue weighted by Crippen LogP contribution is -2.33. The fourth-order valence-corrected chi connectivity index (χ4v) is 4.15. The van der Waals surface area contributed by atoms with Crippen LogP contribution in [-0.2, 0) is 0 Å². The van der Waals surface area contributed by atoms with E-state index in [9.17, 15) is 5.11 Å². The van der Waals surface area contributed by atoms with Gasteiger partial charge in [-0.2, -0.15) is 5.10 Å². The molecule has 6 heteroatoms. The second kappa shape index (κ2) is 7.30. The highest BCUT2D eigenvalue weighted by Crippen LogP contribution is 2.49. The third kappa shape index (κ3) is 2.92. The molecule has 0 radical (unpaired) electrons. The monoisotopic (exact) mass is 402 g/mol. The highest BCUT2D eigenvalue weighted by atomic mass is 16.5. The first-order chi connectivity index (χ1) is 14.7. The van der Waals surface area contributed by atoms with Crippen LogP contribution in [0.15, 0.2) is 71.8 Å². The van der Waals surface area contributed by atoms with Crippen molar-refractivity contribution in [1.29, 1.82) is 0 Å². The number of nitrogens with zero attached hydrogens (tertiary/aromatic N) is 2. The molecule has 3 aromatic carbocycles. The van der Waals surface area contributed by atoms with Gasteiger partial charge in [-0.15, -0.1) is 0 Å². The SMILES string of the molecule is COc1ccc(OC)c(C2Oc3ccccc3C3CC(c4ccccc4O)=NN32)c1. The van der Waals surface area contributed by atoms with E-state index in [1.165, 1.54) is 0 Å². The molecule has 2 atom stereocenters. The smallest absolute Gasteiger partial charge is 0.217 e. The van der Waals surface area contributed by atoms with Gasteiger partial charge >= 0.3 is 0 Å². The number of rotatable bonds is 4. The molecule has 0 spiro atoms. The summed E-state index contributed by atoms with van der Waals surface area (Å²) < 4.78 is 17.5. The predicted molar refractivity (Wildman–Crippen MR) is 113 cm³/mol. The molecule has 0 saturated carbocycles. The zero-order chi connectivity index (χ0) is 20.7. The van der Waals surface area contributed by atoms with Gasteiger partial charge in [0.15, 0.2) is 0 Å². The lowest BCUT2D eigenvalue weighted by atomic mass is 9.95. The Kier molecular flexibility index (Phi) is 4.47. The van der Waals surface area contributed by atoms with Crippen molar-refractivity contribution in [2.75, 3.05) is 14.2 Å². The fraction of sp³-hybridized carbons (Fsp3) is 0.208. The van der Waals surface area contributed by atoms with Crippen molar-refractivity contribution < 1.29 is 19.3 Å². The Morgan fingerprint density at radius 2 is 1.77 bits per heavy atom. The van der Waals surface area contributed by atoms with E-state index in [2.05, 4.69) is 6.07 Å². The normalized spacial score (nSPS) is 19.4. The quantitative estimate of drug-likeness (QED) is 0.688. The standard InChI is InChI=1S/C24H22N2O4/c1-28-15-11-12-22(29-2)18(13-15)24-26-20(17-8-4-6-10-23(17)30-24)14-19(25-26)16-7-3-5-9-21(16)27/h3-13,20,24,27H,14H2,1-2H3. The summed E-state index contributed by atoms with van der Waals surface area (Å²) >= 11 is 0. The van der Waals surface area contributed by atoms with Crippen LogP contribution in [0.2, 0.25) is 0 Å². The number of methoxy groups -OCH3 is 2. The highest BCUT2D eigenvalue weighted by Gasteiger charge is 2.42. The van der Waals surface area contributed by atoms with Crippen LogP contribution < -0.4 is 14.2 Å². The molecule has 2 aliphatic rings. The number of phenolic OH excluding ortho intramolecular Hbond substituents is 1. The van der Waals surface area contributed by atoms with E-state index in [4.69, 9.17) is 19.3 Å². The summed E-state index contributed by atoms with van der Waals surface area (Å²) in [5.74, 6) is 2.46. The van der Waals surface area contributed by atoms with Crippen LogP contribution in [0.5, 0.6) is 23.0 Å². The van der Waals surface area contributed by atoms with E-state index in [-0.39, 0.29) is 11.8 Å². The van der Waals surface area contributed by atoms with Crippen molar-refractivity contribution in [2.24, 2.45) is 5.10 Å². The van der Waals surface area contributed by atoms with Gasteiger partial charge in [-0.05, 0) is 36.4 Å². The van der Waals surface area contributed by atoms with Crippen LogP contribution in [-0.4, -0.2) is 30.0 Å². The maximum Gasteiger partial charge on any atom is 0.217 e. The molecule has 0 aliphatic carbocycles. The summed E-state index contributed by atoms with van der Waals surface area (Å²) in [4.78, 5) is 0. The van der Waals surface area contributed by atoms with Gasteiger partial charge < -0.3 is 19.3 Å². The molecular formula is C24H22N2O4. The van der Waals surface area contributed by atoms with Gasteiger partial charge in [0.25, 0.3) is 0 Å². The number of hydrazone groups is 1. The molecule has 152 valence electrons. The first-order valence-corrected chi connectivity index (χ1v) is 9.81. The van der Waals surface area contributed by atoms with Crippen LogP contribution in [0.3, 0.4) is 0 Å². The Labute approximate surface area is 174 Å². The Morgan fingerprint density at radius 1 is 0.967 bits per heavy atom. The maximum absolute atomic E-state index is 10.4. The van der Waals surface area contributed by atoms with Gasteiger partial charge in [-0.1, -0.05) is 30.3 Å². The molecule has 30 heavy (non-hydrogen) atoms. The molecular weight excluding hydrogens is 380 g/mol. The lowest BCUT2D eigenvalue weighted by molar-refractivity contribution is -0.0204. The van der Waals surface area contributed by atoms with Crippen molar-refractivity contribution in [1.82, 2.24) is 5.01 Å². The Morgan fingerprint density at radius 3 is 2.57 bits per heavy atom. The Bertz CT molecular complexity index is 1130. The van der Waals surface area contributed by atoms with Gasteiger partial charge in [-0.3, -0.25) is 0 Å². The number of hydrogen-bond acceptors (Lipinski definition) is 6. The molecule has 2 unspecified atom stereocenters. The maximum atomic E-state index is 10.4. The van der Waals surface area contributed by atoms with Crippen LogP contribution in [0.1, 0.15) is 35.4 Å². The first kappa shape index (κ1) is 18.4. The van der Waals surface area contributed by atoms with Crippen LogP contribution >= 0.6 is 0 Å². The summed E-state index contributed by atoms with van der Waals surface area (Å²) in [6.07, 6.45) is 0.180. The number of fused-ring (bicyclic) bond motifs is 3. The van der Waals surface area contributed by atoms with Gasteiger partial charge in [0.1, 0.15) is 23.0 Å².